The second kappa shape index (κ2) is 7.05. The van der Waals surface area contributed by atoms with Crippen LogP contribution in [0.3, 0.4) is 0 Å². The molecule has 1 aromatic carbocycles. The molecular formula is C18H17BrN4O2S. The smallest absolute Gasteiger partial charge is 0.280 e. The van der Waals surface area contributed by atoms with Crippen molar-refractivity contribution in [2.75, 3.05) is 10.5 Å². The molecule has 2 heterocycles. The number of hydrogen-bond donors (Lipinski definition) is 2. The highest BCUT2D eigenvalue weighted by atomic mass is 79.9. The summed E-state index contributed by atoms with van der Waals surface area (Å²) < 4.78 is 28.3. The molecule has 0 aliphatic rings. The summed E-state index contributed by atoms with van der Waals surface area (Å²) >= 11 is 3.50. The van der Waals surface area contributed by atoms with Gasteiger partial charge in [0.15, 0.2) is 5.03 Å². The average molecular weight is 433 g/mol. The molecule has 3 N–H and O–H groups in total. The number of nitrogens with two attached hydrogens (primary N) is 1. The van der Waals surface area contributed by atoms with Crippen molar-refractivity contribution in [3.63, 3.8) is 0 Å². The fourth-order valence-corrected chi connectivity index (χ4v) is 4.03. The fraction of sp³-hybridized carbons (Fsp3) is 0.111. The minimum atomic E-state index is -3.89. The van der Waals surface area contributed by atoms with E-state index in [2.05, 4.69) is 30.6 Å². The molecule has 0 aliphatic heterocycles. The summed E-state index contributed by atoms with van der Waals surface area (Å²) in [6.45, 7) is 3.98. The zero-order chi connectivity index (χ0) is 18.9. The van der Waals surface area contributed by atoms with E-state index >= 15 is 0 Å². The Bertz CT molecular complexity index is 1060. The number of nitrogens with zero attached hydrogens (tertiary/aromatic N) is 2. The number of rotatable bonds is 4. The molecule has 8 heteroatoms. The van der Waals surface area contributed by atoms with Gasteiger partial charge in [-0.2, -0.15) is 8.42 Å². The average Bonchev–Trinajstić information content (AvgIpc) is 2.57. The Morgan fingerprint density at radius 2 is 1.62 bits per heavy atom. The number of halogens is 1. The van der Waals surface area contributed by atoms with Gasteiger partial charge in [0.25, 0.3) is 10.0 Å². The van der Waals surface area contributed by atoms with Crippen LogP contribution in [0.25, 0.3) is 11.3 Å². The maximum Gasteiger partial charge on any atom is 0.280 e. The molecule has 0 amide bonds. The first-order chi connectivity index (χ1) is 12.3. The van der Waals surface area contributed by atoms with Crippen molar-refractivity contribution in [3.05, 3.63) is 64.1 Å². The van der Waals surface area contributed by atoms with Crippen molar-refractivity contribution in [2.45, 2.75) is 18.9 Å². The van der Waals surface area contributed by atoms with Gasteiger partial charge in [-0.25, -0.2) is 9.97 Å². The van der Waals surface area contributed by atoms with Crippen LogP contribution in [0.1, 0.15) is 11.1 Å². The van der Waals surface area contributed by atoms with Gasteiger partial charge in [-0.3, -0.25) is 4.72 Å². The fourth-order valence-electron chi connectivity index (χ4n) is 2.63. The molecule has 0 radical (unpaired) electrons. The normalized spacial score (nSPS) is 11.3. The molecule has 0 unspecified atom stereocenters. The molecule has 0 spiro atoms. The molecule has 3 rings (SSSR count). The van der Waals surface area contributed by atoms with Crippen LogP contribution in [0.4, 0.5) is 11.6 Å². The van der Waals surface area contributed by atoms with E-state index in [4.69, 9.17) is 5.73 Å². The Balaban J connectivity index is 2.03. The Kier molecular flexibility index (Phi) is 4.97. The number of sulfonamides is 1. The number of pyridine rings is 2. The third-order valence-electron chi connectivity index (χ3n) is 3.82. The Hall–Kier alpha value is -2.45. The predicted molar refractivity (Wildman–Crippen MR) is 106 cm³/mol. The van der Waals surface area contributed by atoms with E-state index in [1.165, 1.54) is 18.2 Å². The number of anilines is 2. The van der Waals surface area contributed by atoms with Gasteiger partial charge < -0.3 is 5.73 Å². The summed E-state index contributed by atoms with van der Waals surface area (Å²) in [6, 6.07) is 13.7. The van der Waals surface area contributed by atoms with Crippen LogP contribution in [-0.4, -0.2) is 18.4 Å². The van der Waals surface area contributed by atoms with Crippen molar-refractivity contribution < 1.29 is 8.42 Å². The number of nitrogen functional groups attached to an aromatic ring is 1. The van der Waals surface area contributed by atoms with Crippen LogP contribution < -0.4 is 10.5 Å². The van der Waals surface area contributed by atoms with Gasteiger partial charge >= 0.3 is 0 Å². The molecule has 0 fully saturated rings. The first-order valence-electron chi connectivity index (χ1n) is 7.76. The summed E-state index contributed by atoms with van der Waals surface area (Å²) in [5, 5.41) is -0.157. The number of aromatic nitrogens is 2. The lowest BCUT2D eigenvalue weighted by molar-refractivity contribution is 0.597. The first-order valence-corrected chi connectivity index (χ1v) is 10.0. The largest absolute Gasteiger partial charge is 0.384 e. The lowest BCUT2D eigenvalue weighted by Gasteiger charge is -2.13. The highest BCUT2D eigenvalue weighted by molar-refractivity contribution is 9.10. The van der Waals surface area contributed by atoms with Crippen molar-refractivity contribution in [1.82, 2.24) is 9.97 Å². The monoisotopic (exact) mass is 432 g/mol. The van der Waals surface area contributed by atoms with Crippen LogP contribution >= 0.6 is 15.9 Å². The third-order valence-corrected chi connectivity index (χ3v) is 5.72. The minimum Gasteiger partial charge on any atom is -0.384 e. The van der Waals surface area contributed by atoms with E-state index in [9.17, 15) is 8.42 Å². The van der Waals surface area contributed by atoms with Gasteiger partial charge in [0.05, 0.1) is 5.69 Å². The maximum atomic E-state index is 12.5. The van der Waals surface area contributed by atoms with Crippen LogP contribution in [0.2, 0.25) is 0 Å². The SMILES string of the molecule is Cc1cccc(C)c1-c1nc(NS(=O)(=O)c2cccc(N)n2)ccc1Br. The van der Waals surface area contributed by atoms with Gasteiger partial charge in [0.2, 0.25) is 0 Å². The maximum absolute atomic E-state index is 12.5. The quantitative estimate of drug-likeness (QED) is 0.650. The lowest BCUT2D eigenvalue weighted by Crippen LogP contribution is -2.16. The van der Waals surface area contributed by atoms with E-state index in [0.29, 0.717) is 5.69 Å². The Morgan fingerprint density at radius 1 is 0.962 bits per heavy atom. The van der Waals surface area contributed by atoms with E-state index in [0.717, 1.165) is 21.2 Å². The van der Waals surface area contributed by atoms with Crippen molar-refractivity contribution in [2.24, 2.45) is 0 Å². The van der Waals surface area contributed by atoms with E-state index in [1.807, 2.05) is 32.0 Å². The third kappa shape index (κ3) is 3.71. The summed E-state index contributed by atoms with van der Waals surface area (Å²) in [4.78, 5) is 8.36. The van der Waals surface area contributed by atoms with Crippen LogP contribution in [-0.2, 0) is 10.0 Å². The van der Waals surface area contributed by atoms with Gasteiger partial charge in [0.1, 0.15) is 11.6 Å². The standard InChI is InChI=1S/C18H17BrN4O2S/c1-11-5-3-6-12(2)17(11)18-13(19)9-10-15(22-18)23-26(24,25)16-8-4-7-14(20)21-16/h3-10H,1-2H3,(H2,20,21)(H,22,23). The molecular weight excluding hydrogens is 416 g/mol. The van der Waals surface area contributed by atoms with Gasteiger partial charge in [-0.15, -0.1) is 0 Å². The number of hydrogen-bond acceptors (Lipinski definition) is 5. The van der Waals surface area contributed by atoms with E-state index in [1.54, 1.807) is 12.1 Å². The summed E-state index contributed by atoms with van der Waals surface area (Å²) in [5.41, 5.74) is 9.31. The predicted octanol–water partition coefficient (Wildman–Crippen LogP) is 3.91. The minimum absolute atomic E-state index is 0.132. The molecule has 0 saturated heterocycles. The van der Waals surface area contributed by atoms with Gasteiger partial charge in [-0.1, -0.05) is 24.3 Å². The van der Waals surface area contributed by atoms with Gasteiger partial charge in [0, 0.05) is 10.0 Å². The van der Waals surface area contributed by atoms with Crippen LogP contribution in [0, 0.1) is 13.8 Å². The molecule has 26 heavy (non-hydrogen) atoms. The molecule has 3 aromatic rings. The Labute approximate surface area is 160 Å². The van der Waals surface area contributed by atoms with Crippen LogP contribution in [0.15, 0.2) is 58.0 Å². The topological polar surface area (TPSA) is 98.0 Å². The molecule has 0 saturated carbocycles. The second-order valence-electron chi connectivity index (χ2n) is 5.80. The summed E-state index contributed by atoms with van der Waals surface area (Å²) in [7, 11) is -3.89. The summed E-state index contributed by atoms with van der Waals surface area (Å²) in [5.74, 6) is 0.336. The van der Waals surface area contributed by atoms with E-state index in [-0.39, 0.29) is 16.7 Å². The highest BCUT2D eigenvalue weighted by Crippen LogP contribution is 2.32. The second-order valence-corrected chi connectivity index (χ2v) is 8.28. The number of nitrogens with one attached hydrogen (secondary N) is 1. The lowest BCUT2D eigenvalue weighted by atomic mass is 10.00. The molecule has 0 bridgehead atoms. The van der Waals surface area contributed by atoms with E-state index < -0.39 is 10.0 Å². The van der Waals surface area contributed by atoms with Crippen molar-refractivity contribution >= 4 is 37.6 Å². The summed E-state index contributed by atoms with van der Waals surface area (Å²) in [6.07, 6.45) is 0. The molecule has 2 aromatic heterocycles. The molecule has 134 valence electrons. The van der Waals surface area contributed by atoms with Crippen LogP contribution in [0.5, 0.6) is 0 Å². The molecule has 6 nitrogen and oxygen atoms in total. The molecule has 0 atom stereocenters. The zero-order valence-electron chi connectivity index (χ0n) is 14.2. The first kappa shape index (κ1) is 18.3. The van der Waals surface area contributed by atoms with Gasteiger partial charge in [-0.05, 0) is 65.2 Å². The number of benzene rings is 1. The highest BCUT2D eigenvalue weighted by Gasteiger charge is 2.18. The van der Waals surface area contributed by atoms with Crippen molar-refractivity contribution in [1.29, 1.82) is 0 Å². The molecule has 0 aliphatic carbocycles. The number of aryl methyl sites for hydroxylation is 2. The Morgan fingerprint density at radius 3 is 2.27 bits per heavy atom. The zero-order valence-corrected chi connectivity index (χ0v) is 16.6. The van der Waals surface area contributed by atoms with Crippen molar-refractivity contribution in [3.8, 4) is 11.3 Å².